The lowest BCUT2D eigenvalue weighted by Crippen LogP contribution is -2.24. The minimum atomic E-state index is -0.367. The summed E-state index contributed by atoms with van der Waals surface area (Å²) < 4.78 is 20.2. The number of halogens is 2. The summed E-state index contributed by atoms with van der Waals surface area (Å²) >= 11 is 7.39. The maximum absolute atomic E-state index is 13.0. The standard InChI is InChI=1S/C14H15ClFN3O2S/c15-12-6-10(16)4-3-9(12)8-22-14-18-17-13(20)19(14)7-11-2-1-5-21-11/h3-4,6,11H,1-2,5,7-8H2,(H,17,20). The maximum Gasteiger partial charge on any atom is 0.344 e. The first-order chi connectivity index (χ1) is 10.6. The fourth-order valence-electron chi connectivity index (χ4n) is 2.35. The van der Waals surface area contributed by atoms with Crippen molar-refractivity contribution in [3.63, 3.8) is 0 Å². The molecule has 0 spiro atoms. The minimum Gasteiger partial charge on any atom is -0.376 e. The zero-order chi connectivity index (χ0) is 15.5. The van der Waals surface area contributed by atoms with Gasteiger partial charge in [0.05, 0.1) is 12.6 Å². The fraction of sp³-hybridized carbons (Fsp3) is 0.429. The van der Waals surface area contributed by atoms with Crippen LogP contribution in [0.1, 0.15) is 18.4 Å². The van der Waals surface area contributed by atoms with Crippen molar-refractivity contribution in [1.29, 1.82) is 0 Å². The van der Waals surface area contributed by atoms with Gasteiger partial charge in [0, 0.05) is 17.4 Å². The topological polar surface area (TPSA) is 59.9 Å². The average molecular weight is 344 g/mol. The van der Waals surface area contributed by atoms with Gasteiger partial charge in [-0.3, -0.25) is 4.57 Å². The Morgan fingerprint density at radius 2 is 2.41 bits per heavy atom. The molecule has 0 bridgehead atoms. The highest BCUT2D eigenvalue weighted by molar-refractivity contribution is 7.98. The predicted molar refractivity (Wildman–Crippen MR) is 82.8 cm³/mol. The molecule has 2 aromatic rings. The van der Waals surface area contributed by atoms with Crippen LogP contribution in [0.5, 0.6) is 0 Å². The molecule has 8 heteroatoms. The fourth-order valence-corrected chi connectivity index (χ4v) is 3.62. The number of hydrogen-bond acceptors (Lipinski definition) is 4. The van der Waals surface area contributed by atoms with E-state index in [0.29, 0.717) is 22.5 Å². The van der Waals surface area contributed by atoms with Gasteiger partial charge in [0.2, 0.25) is 0 Å². The summed E-state index contributed by atoms with van der Waals surface area (Å²) in [5, 5.41) is 7.45. The van der Waals surface area contributed by atoms with Crippen molar-refractivity contribution in [2.45, 2.75) is 36.4 Å². The van der Waals surface area contributed by atoms with Gasteiger partial charge in [0.1, 0.15) is 5.82 Å². The Kier molecular flexibility index (Phi) is 4.85. The number of aromatic amines is 1. The molecular weight excluding hydrogens is 329 g/mol. The number of thioether (sulfide) groups is 1. The van der Waals surface area contributed by atoms with Crippen LogP contribution in [-0.4, -0.2) is 27.5 Å². The van der Waals surface area contributed by atoms with Crippen molar-refractivity contribution in [3.05, 3.63) is 45.1 Å². The third-order valence-corrected chi connectivity index (χ3v) is 4.88. The number of benzene rings is 1. The Hall–Kier alpha value is -1.31. The van der Waals surface area contributed by atoms with Gasteiger partial charge >= 0.3 is 5.69 Å². The third kappa shape index (κ3) is 3.53. The van der Waals surface area contributed by atoms with E-state index < -0.39 is 0 Å². The second-order valence-electron chi connectivity index (χ2n) is 5.08. The molecule has 1 N–H and O–H groups in total. The Morgan fingerprint density at radius 1 is 1.55 bits per heavy atom. The Morgan fingerprint density at radius 3 is 3.14 bits per heavy atom. The number of H-pyrrole nitrogens is 1. The smallest absolute Gasteiger partial charge is 0.344 e. The zero-order valence-electron chi connectivity index (χ0n) is 11.7. The quantitative estimate of drug-likeness (QED) is 0.848. The normalized spacial score (nSPS) is 18.0. The number of nitrogens with zero attached hydrogens (tertiary/aromatic N) is 2. The van der Waals surface area contributed by atoms with Crippen molar-refractivity contribution >= 4 is 23.4 Å². The van der Waals surface area contributed by atoms with Gasteiger partial charge < -0.3 is 4.74 Å². The molecule has 1 aliphatic heterocycles. The predicted octanol–water partition coefficient (Wildman–Crippen LogP) is 2.84. The molecule has 1 saturated heterocycles. The van der Waals surface area contributed by atoms with Gasteiger partial charge in [-0.2, -0.15) is 0 Å². The Balaban J connectivity index is 1.71. The molecule has 1 aromatic heterocycles. The third-order valence-electron chi connectivity index (χ3n) is 3.51. The molecule has 1 unspecified atom stereocenters. The molecule has 1 aromatic carbocycles. The molecule has 0 aliphatic carbocycles. The Bertz CT molecular complexity index is 712. The van der Waals surface area contributed by atoms with Gasteiger partial charge in [-0.1, -0.05) is 29.4 Å². The highest BCUT2D eigenvalue weighted by Crippen LogP contribution is 2.26. The van der Waals surface area contributed by atoms with Gasteiger partial charge in [-0.15, -0.1) is 5.10 Å². The molecule has 0 amide bonds. The van der Waals surface area contributed by atoms with Crippen LogP contribution in [0.3, 0.4) is 0 Å². The van der Waals surface area contributed by atoms with Crippen LogP contribution < -0.4 is 5.69 Å². The second kappa shape index (κ2) is 6.85. The first-order valence-electron chi connectivity index (χ1n) is 6.97. The van der Waals surface area contributed by atoms with E-state index in [9.17, 15) is 9.18 Å². The number of hydrogen-bond donors (Lipinski definition) is 1. The number of ether oxygens (including phenoxy) is 1. The van der Waals surface area contributed by atoms with Gasteiger partial charge in [0.25, 0.3) is 0 Å². The minimum absolute atomic E-state index is 0.0593. The number of aromatic nitrogens is 3. The van der Waals surface area contributed by atoms with Crippen LogP contribution in [0, 0.1) is 5.82 Å². The second-order valence-corrected chi connectivity index (χ2v) is 6.43. The van der Waals surface area contributed by atoms with Crippen molar-refractivity contribution in [2.75, 3.05) is 6.61 Å². The van der Waals surface area contributed by atoms with E-state index in [0.717, 1.165) is 25.0 Å². The first-order valence-corrected chi connectivity index (χ1v) is 8.33. The van der Waals surface area contributed by atoms with E-state index in [1.165, 1.54) is 23.9 Å². The average Bonchev–Trinajstić information content (AvgIpc) is 3.11. The zero-order valence-corrected chi connectivity index (χ0v) is 13.3. The van der Waals surface area contributed by atoms with Crippen LogP contribution in [0.4, 0.5) is 4.39 Å². The van der Waals surface area contributed by atoms with Crippen molar-refractivity contribution in [1.82, 2.24) is 14.8 Å². The first kappa shape index (κ1) is 15.6. The summed E-state index contributed by atoms with van der Waals surface area (Å²) in [7, 11) is 0. The van der Waals surface area contributed by atoms with E-state index in [2.05, 4.69) is 10.2 Å². The summed E-state index contributed by atoms with van der Waals surface area (Å²) in [6, 6.07) is 4.28. The number of nitrogens with one attached hydrogen (secondary N) is 1. The lowest BCUT2D eigenvalue weighted by Gasteiger charge is -2.11. The number of rotatable bonds is 5. The Labute approximate surface area is 135 Å². The van der Waals surface area contributed by atoms with E-state index in [4.69, 9.17) is 16.3 Å². The highest BCUT2D eigenvalue weighted by Gasteiger charge is 2.19. The summed E-state index contributed by atoms with van der Waals surface area (Å²) in [4.78, 5) is 11.9. The van der Waals surface area contributed by atoms with Gasteiger partial charge in [-0.05, 0) is 30.5 Å². The van der Waals surface area contributed by atoms with Gasteiger partial charge in [0.15, 0.2) is 5.16 Å². The van der Waals surface area contributed by atoms with Crippen molar-refractivity contribution < 1.29 is 9.13 Å². The molecular formula is C14H15ClFN3O2S. The van der Waals surface area contributed by atoms with Crippen LogP contribution in [0.2, 0.25) is 5.02 Å². The van der Waals surface area contributed by atoms with Crippen LogP contribution in [0.15, 0.2) is 28.2 Å². The molecule has 0 saturated carbocycles. The molecule has 3 rings (SSSR count). The summed E-state index contributed by atoms with van der Waals surface area (Å²) in [6.07, 6.45) is 2.03. The van der Waals surface area contributed by atoms with E-state index in [1.807, 2.05) is 0 Å². The molecule has 2 heterocycles. The highest BCUT2D eigenvalue weighted by atomic mass is 35.5. The molecule has 1 aliphatic rings. The molecule has 5 nitrogen and oxygen atoms in total. The molecule has 0 radical (unpaired) electrons. The monoisotopic (exact) mass is 343 g/mol. The summed E-state index contributed by atoms with van der Waals surface area (Å²) in [5.41, 5.74) is 0.551. The maximum atomic E-state index is 13.0. The lowest BCUT2D eigenvalue weighted by atomic mass is 10.2. The molecule has 22 heavy (non-hydrogen) atoms. The van der Waals surface area contributed by atoms with Crippen molar-refractivity contribution in [2.24, 2.45) is 0 Å². The largest absolute Gasteiger partial charge is 0.376 e. The van der Waals surface area contributed by atoms with E-state index in [-0.39, 0.29) is 17.6 Å². The van der Waals surface area contributed by atoms with Crippen LogP contribution in [-0.2, 0) is 17.0 Å². The summed E-state index contributed by atoms with van der Waals surface area (Å²) in [6.45, 7) is 1.24. The summed E-state index contributed by atoms with van der Waals surface area (Å²) in [5.74, 6) is 0.142. The molecule has 118 valence electrons. The van der Waals surface area contributed by atoms with Crippen LogP contribution in [0.25, 0.3) is 0 Å². The van der Waals surface area contributed by atoms with E-state index >= 15 is 0 Å². The molecule has 1 fully saturated rings. The van der Waals surface area contributed by atoms with E-state index in [1.54, 1.807) is 10.6 Å². The SMILES string of the molecule is O=c1[nH]nc(SCc2ccc(F)cc2Cl)n1CC1CCCO1. The van der Waals surface area contributed by atoms with Gasteiger partial charge in [-0.25, -0.2) is 14.3 Å². The van der Waals surface area contributed by atoms with Crippen LogP contribution >= 0.6 is 23.4 Å². The lowest BCUT2D eigenvalue weighted by molar-refractivity contribution is 0.0941. The molecule has 1 atom stereocenters. The van der Waals surface area contributed by atoms with Crippen molar-refractivity contribution in [3.8, 4) is 0 Å².